The Bertz CT molecular complexity index is 965. The van der Waals surface area contributed by atoms with Gasteiger partial charge in [0.25, 0.3) is 0 Å². The van der Waals surface area contributed by atoms with Crippen molar-refractivity contribution in [2.45, 2.75) is 12.8 Å². The molecule has 0 radical (unpaired) electrons. The van der Waals surface area contributed by atoms with Gasteiger partial charge in [-0.05, 0) is 48.4 Å². The zero-order valence-electron chi connectivity index (χ0n) is 16.1. The summed E-state index contributed by atoms with van der Waals surface area (Å²) in [5.74, 6) is -0.0758. The number of pyridine rings is 1. The molecule has 0 amide bonds. The Labute approximate surface area is 190 Å². The van der Waals surface area contributed by atoms with Crippen LogP contribution in [-0.4, -0.2) is 22.7 Å². The van der Waals surface area contributed by atoms with Gasteiger partial charge in [-0.15, -0.1) is 0 Å². The van der Waals surface area contributed by atoms with Crippen molar-refractivity contribution in [3.05, 3.63) is 70.3 Å². The summed E-state index contributed by atoms with van der Waals surface area (Å²) in [6.07, 6.45) is 4.55. The van der Waals surface area contributed by atoms with Crippen LogP contribution in [0.2, 0.25) is 0 Å². The van der Waals surface area contributed by atoms with Crippen molar-refractivity contribution >= 4 is 45.0 Å². The number of aliphatic carboxylic acids is 1. The predicted molar refractivity (Wildman–Crippen MR) is 108 cm³/mol. The van der Waals surface area contributed by atoms with Crippen LogP contribution in [0.4, 0.5) is 0 Å². The number of carboxylic acids is 1. The molecule has 0 saturated heterocycles. The molecule has 0 aliphatic heterocycles. The summed E-state index contributed by atoms with van der Waals surface area (Å²) < 4.78 is 6.61. The van der Waals surface area contributed by atoms with Gasteiger partial charge in [0.1, 0.15) is 5.75 Å². The van der Waals surface area contributed by atoms with Crippen LogP contribution in [0, 0.1) is 0 Å². The molecule has 1 aromatic heterocycles. The maximum Gasteiger partial charge on any atom is 1.00 e. The Balaban J connectivity index is 0.00000196. The summed E-state index contributed by atoms with van der Waals surface area (Å²) >= 11 is 3.47. The standard InChI is InChI=1S/C21H18BrNO3.Na.H/c22-17-9-7-16-8-11-18(23-20(16)14-17)10-6-15-3-1-4-19(13-15)26-12-2-5-21(24)25;;/h1,3-4,6-11,13-14H,2,5,12H2,(H,24,25);;/q;+1;-1/b10-6+;;. The maximum atomic E-state index is 10.5. The molecular formula is C21H19BrNNaO3. The summed E-state index contributed by atoms with van der Waals surface area (Å²) in [7, 11) is 0. The van der Waals surface area contributed by atoms with E-state index in [4.69, 9.17) is 9.84 Å². The van der Waals surface area contributed by atoms with E-state index in [1.807, 2.05) is 60.7 Å². The molecule has 0 saturated carbocycles. The van der Waals surface area contributed by atoms with Crippen LogP contribution in [-0.2, 0) is 4.79 Å². The molecule has 0 fully saturated rings. The number of halogens is 1. The fraction of sp³-hybridized carbons (Fsp3) is 0.143. The number of nitrogens with zero attached hydrogens (tertiary/aromatic N) is 1. The van der Waals surface area contributed by atoms with Crippen molar-refractivity contribution < 1.29 is 45.6 Å². The fourth-order valence-electron chi connectivity index (χ4n) is 2.50. The molecule has 2 aromatic carbocycles. The SMILES string of the molecule is O=C(O)CCCOc1cccc(/C=C/c2ccc3ccc(Br)cc3n2)c1.[H-].[Na+]. The summed E-state index contributed by atoms with van der Waals surface area (Å²) in [6, 6.07) is 17.8. The van der Waals surface area contributed by atoms with Gasteiger partial charge in [-0.25, -0.2) is 4.98 Å². The molecule has 27 heavy (non-hydrogen) atoms. The third-order valence-corrected chi connectivity index (χ3v) is 4.28. The first kappa shape index (κ1) is 21.6. The third-order valence-electron chi connectivity index (χ3n) is 3.78. The monoisotopic (exact) mass is 435 g/mol. The van der Waals surface area contributed by atoms with Crippen molar-refractivity contribution in [3.63, 3.8) is 0 Å². The van der Waals surface area contributed by atoms with Crippen LogP contribution in [0.3, 0.4) is 0 Å². The van der Waals surface area contributed by atoms with Crippen molar-refractivity contribution in [3.8, 4) is 5.75 Å². The molecule has 134 valence electrons. The van der Waals surface area contributed by atoms with E-state index >= 15 is 0 Å². The Morgan fingerprint density at radius 1 is 1.15 bits per heavy atom. The van der Waals surface area contributed by atoms with E-state index in [1.165, 1.54) is 0 Å². The molecule has 0 aliphatic carbocycles. The number of ether oxygens (including phenoxy) is 1. The second-order valence-electron chi connectivity index (χ2n) is 5.82. The molecule has 0 spiro atoms. The molecular weight excluding hydrogens is 417 g/mol. The number of aromatic nitrogens is 1. The second-order valence-corrected chi connectivity index (χ2v) is 6.74. The van der Waals surface area contributed by atoms with E-state index < -0.39 is 5.97 Å². The number of benzene rings is 2. The van der Waals surface area contributed by atoms with Gasteiger partial charge in [0.2, 0.25) is 0 Å². The molecule has 1 heterocycles. The molecule has 0 unspecified atom stereocenters. The molecule has 3 rings (SSSR count). The topological polar surface area (TPSA) is 59.4 Å². The van der Waals surface area contributed by atoms with Crippen molar-refractivity contribution in [1.82, 2.24) is 4.98 Å². The van der Waals surface area contributed by atoms with E-state index in [0.29, 0.717) is 13.0 Å². The Morgan fingerprint density at radius 2 is 1.96 bits per heavy atom. The number of carbonyl (C=O) groups is 1. The minimum atomic E-state index is -0.805. The Hall–Kier alpha value is -1.66. The molecule has 3 aromatic rings. The van der Waals surface area contributed by atoms with Gasteiger partial charge in [0.05, 0.1) is 17.8 Å². The Morgan fingerprint density at radius 3 is 2.78 bits per heavy atom. The van der Waals surface area contributed by atoms with E-state index in [0.717, 1.165) is 32.4 Å². The fourth-order valence-corrected chi connectivity index (χ4v) is 2.85. The van der Waals surface area contributed by atoms with Crippen LogP contribution in [0.5, 0.6) is 5.75 Å². The van der Waals surface area contributed by atoms with E-state index in [-0.39, 0.29) is 37.4 Å². The van der Waals surface area contributed by atoms with E-state index in [2.05, 4.69) is 27.0 Å². The zero-order chi connectivity index (χ0) is 18.4. The molecule has 6 heteroatoms. The van der Waals surface area contributed by atoms with Crippen molar-refractivity contribution in [2.75, 3.05) is 6.61 Å². The summed E-state index contributed by atoms with van der Waals surface area (Å²) in [5, 5.41) is 9.74. The van der Waals surface area contributed by atoms with Crippen LogP contribution in [0.15, 0.2) is 59.1 Å². The van der Waals surface area contributed by atoms with Gasteiger partial charge in [-0.1, -0.05) is 46.3 Å². The van der Waals surface area contributed by atoms with Crippen LogP contribution in [0.1, 0.15) is 25.5 Å². The molecule has 1 N–H and O–H groups in total. The van der Waals surface area contributed by atoms with Crippen LogP contribution in [0.25, 0.3) is 23.1 Å². The van der Waals surface area contributed by atoms with Gasteiger partial charge in [0, 0.05) is 16.3 Å². The average molecular weight is 436 g/mol. The zero-order valence-corrected chi connectivity index (χ0v) is 18.6. The van der Waals surface area contributed by atoms with Crippen LogP contribution < -0.4 is 34.3 Å². The number of hydrogen-bond donors (Lipinski definition) is 1. The number of hydrogen-bond acceptors (Lipinski definition) is 3. The number of carboxylic acid groups (broad SMARTS) is 1. The molecule has 0 bridgehead atoms. The molecule has 0 aliphatic rings. The van der Waals surface area contributed by atoms with Gasteiger partial charge in [-0.3, -0.25) is 4.79 Å². The normalized spacial score (nSPS) is 10.7. The average Bonchev–Trinajstić information content (AvgIpc) is 2.63. The quantitative estimate of drug-likeness (QED) is 0.457. The van der Waals surface area contributed by atoms with Gasteiger partial charge < -0.3 is 11.3 Å². The Kier molecular flexibility index (Phi) is 8.51. The smallest absolute Gasteiger partial charge is 1.00 e. The first-order valence-corrected chi connectivity index (χ1v) is 9.08. The molecule has 4 nitrogen and oxygen atoms in total. The van der Waals surface area contributed by atoms with Gasteiger partial charge in [-0.2, -0.15) is 0 Å². The summed E-state index contributed by atoms with van der Waals surface area (Å²) in [4.78, 5) is 15.2. The van der Waals surface area contributed by atoms with E-state index in [1.54, 1.807) is 0 Å². The summed E-state index contributed by atoms with van der Waals surface area (Å²) in [6.45, 7) is 0.389. The van der Waals surface area contributed by atoms with Crippen LogP contribution >= 0.6 is 15.9 Å². The number of rotatable bonds is 7. The van der Waals surface area contributed by atoms with Crippen molar-refractivity contribution in [1.29, 1.82) is 0 Å². The first-order chi connectivity index (χ1) is 12.6. The minimum Gasteiger partial charge on any atom is -1.00 e. The van der Waals surface area contributed by atoms with E-state index in [9.17, 15) is 4.79 Å². The maximum absolute atomic E-state index is 10.5. The molecule has 0 atom stereocenters. The largest absolute Gasteiger partial charge is 1.00 e. The second kappa shape index (κ2) is 10.6. The number of fused-ring (bicyclic) bond motifs is 1. The third kappa shape index (κ3) is 6.78. The van der Waals surface area contributed by atoms with Crippen molar-refractivity contribution in [2.24, 2.45) is 0 Å². The predicted octanol–water partition coefficient (Wildman–Crippen LogP) is 2.53. The van der Waals surface area contributed by atoms with Gasteiger partial charge >= 0.3 is 35.5 Å². The minimum absolute atomic E-state index is 0. The van der Waals surface area contributed by atoms with Gasteiger partial charge in [0.15, 0.2) is 0 Å². The first-order valence-electron chi connectivity index (χ1n) is 8.29. The summed E-state index contributed by atoms with van der Waals surface area (Å²) in [5.41, 5.74) is 2.82.